The molecule has 94 valence electrons. The molecule has 16 heavy (non-hydrogen) atoms. The second kappa shape index (κ2) is 3.99. The van der Waals surface area contributed by atoms with Gasteiger partial charge in [0.05, 0.1) is 6.10 Å². The summed E-state index contributed by atoms with van der Waals surface area (Å²) >= 11 is 0. The first-order valence-corrected chi connectivity index (χ1v) is 6.63. The lowest BCUT2D eigenvalue weighted by molar-refractivity contribution is 0.0341. The van der Waals surface area contributed by atoms with E-state index in [1.807, 2.05) is 0 Å². The van der Waals surface area contributed by atoms with Crippen molar-refractivity contribution in [2.24, 2.45) is 22.7 Å². The number of hydrogen-bond acceptors (Lipinski definition) is 2. The molecule has 1 unspecified atom stereocenters. The van der Waals surface area contributed by atoms with Gasteiger partial charge in [0.2, 0.25) is 0 Å². The van der Waals surface area contributed by atoms with Crippen LogP contribution in [0.15, 0.2) is 0 Å². The third-order valence-corrected chi connectivity index (χ3v) is 5.43. The molecule has 0 radical (unpaired) electrons. The average molecular weight is 226 g/mol. The van der Waals surface area contributed by atoms with Crippen LogP contribution in [0.5, 0.6) is 0 Å². The van der Waals surface area contributed by atoms with E-state index in [4.69, 9.17) is 4.74 Å². The molecule has 2 aliphatic rings. The highest BCUT2D eigenvalue weighted by Crippen LogP contribution is 2.70. The quantitative estimate of drug-likeness (QED) is 0.802. The minimum Gasteiger partial charge on any atom is -0.393 e. The third kappa shape index (κ3) is 1.91. The Labute approximate surface area is 99.4 Å². The highest BCUT2D eigenvalue weighted by molar-refractivity contribution is 5.14. The minimum absolute atomic E-state index is 0.118. The van der Waals surface area contributed by atoms with Crippen molar-refractivity contribution in [3.05, 3.63) is 0 Å². The molecule has 1 saturated carbocycles. The van der Waals surface area contributed by atoms with Crippen molar-refractivity contribution in [2.45, 2.75) is 53.1 Å². The Bertz CT molecular complexity index is 237. The molecule has 1 atom stereocenters. The fourth-order valence-corrected chi connectivity index (χ4v) is 3.67. The summed E-state index contributed by atoms with van der Waals surface area (Å²) in [6, 6.07) is 0. The number of rotatable bonds is 3. The van der Waals surface area contributed by atoms with E-state index in [0.29, 0.717) is 22.7 Å². The zero-order chi connectivity index (χ0) is 12.0. The molecule has 0 aromatic rings. The molecule has 1 saturated heterocycles. The predicted molar refractivity (Wildman–Crippen MR) is 65.2 cm³/mol. The van der Waals surface area contributed by atoms with E-state index >= 15 is 0 Å². The zero-order valence-electron chi connectivity index (χ0n) is 11.1. The first-order valence-electron chi connectivity index (χ1n) is 6.63. The van der Waals surface area contributed by atoms with Gasteiger partial charge in [-0.05, 0) is 41.9 Å². The van der Waals surface area contributed by atoms with E-state index in [1.165, 1.54) is 0 Å². The van der Waals surface area contributed by atoms with Gasteiger partial charge < -0.3 is 9.84 Å². The van der Waals surface area contributed by atoms with Crippen LogP contribution in [0.1, 0.15) is 47.0 Å². The molecule has 1 aliphatic heterocycles. The molecule has 0 spiro atoms. The Balaban J connectivity index is 1.87. The van der Waals surface area contributed by atoms with Crippen molar-refractivity contribution < 1.29 is 9.84 Å². The molecule has 1 heterocycles. The number of ether oxygens (including phenoxy) is 1. The molecule has 0 amide bonds. The molecule has 2 fully saturated rings. The lowest BCUT2D eigenvalue weighted by Gasteiger charge is -2.25. The smallest absolute Gasteiger partial charge is 0.0581 e. The predicted octanol–water partition coefficient (Wildman–Crippen LogP) is 2.85. The number of hydrogen-bond donors (Lipinski definition) is 1. The van der Waals surface area contributed by atoms with Crippen LogP contribution in [0.4, 0.5) is 0 Å². The fourth-order valence-electron chi connectivity index (χ4n) is 3.67. The fraction of sp³-hybridized carbons (Fsp3) is 1.00. The second-order valence-electron chi connectivity index (χ2n) is 6.78. The van der Waals surface area contributed by atoms with Crippen LogP contribution in [-0.2, 0) is 4.74 Å². The maximum Gasteiger partial charge on any atom is 0.0581 e. The van der Waals surface area contributed by atoms with Gasteiger partial charge in [-0.3, -0.25) is 0 Å². The summed E-state index contributed by atoms with van der Waals surface area (Å²) in [4.78, 5) is 0. The van der Waals surface area contributed by atoms with E-state index in [9.17, 15) is 5.11 Å². The molecule has 0 bridgehead atoms. The van der Waals surface area contributed by atoms with Crippen molar-refractivity contribution >= 4 is 0 Å². The molecule has 2 heteroatoms. The molecule has 0 aromatic heterocycles. The first kappa shape index (κ1) is 12.4. The Morgan fingerprint density at radius 2 is 1.62 bits per heavy atom. The molecular formula is C14H26O2. The van der Waals surface area contributed by atoms with E-state index in [1.54, 1.807) is 0 Å². The van der Waals surface area contributed by atoms with Gasteiger partial charge in [0.25, 0.3) is 0 Å². The molecule has 1 N–H and O–H groups in total. The largest absolute Gasteiger partial charge is 0.393 e. The van der Waals surface area contributed by atoms with Crippen LogP contribution in [0.3, 0.4) is 0 Å². The van der Waals surface area contributed by atoms with Crippen molar-refractivity contribution in [1.29, 1.82) is 0 Å². The van der Waals surface area contributed by atoms with Crippen LogP contribution in [0, 0.1) is 22.7 Å². The molecule has 2 nitrogen and oxygen atoms in total. The van der Waals surface area contributed by atoms with Gasteiger partial charge in [-0.2, -0.15) is 0 Å². The van der Waals surface area contributed by atoms with Crippen LogP contribution in [0.25, 0.3) is 0 Å². The molecular weight excluding hydrogens is 200 g/mol. The van der Waals surface area contributed by atoms with Gasteiger partial charge in [0.15, 0.2) is 0 Å². The average Bonchev–Trinajstić information content (AvgIpc) is 2.58. The van der Waals surface area contributed by atoms with Crippen LogP contribution in [-0.4, -0.2) is 24.4 Å². The van der Waals surface area contributed by atoms with E-state index < -0.39 is 0 Å². The first-order chi connectivity index (χ1) is 7.37. The normalized spacial score (nSPS) is 31.3. The van der Waals surface area contributed by atoms with Crippen molar-refractivity contribution in [1.82, 2.24) is 0 Å². The standard InChI is InChI=1S/C14H26O2/c1-13(2)12(14(13,3)4)11(15)9-10-5-7-16-8-6-10/h10-12,15H,5-9H2,1-4H3. The highest BCUT2D eigenvalue weighted by atomic mass is 16.5. The van der Waals surface area contributed by atoms with Crippen molar-refractivity contribution in [2.75, 3.05) is 13.2 Å². The SMILES string of the molecule is CC1(C)C(C(O)CC2CCOCC2)C1(C)C. The van der Waals surface area contributed by atoms with Gasteiger partial charge in [0, 0.05) is 13.2 Å². The topological polar surface area (TPSA) is 29.5 Å². The van der Waals surface area contributed by atoms with Crippen molar-refractivity contribution in [3.8, 4) is 0 Å². The Morgan fingerprint density at radius 3 is 2.06 bits per heavy atom. The lowest BCUT2D eigenvalue weighted by atomic mass is 9.90. The second-order valence-corrected chi connectivity index (χ2v) is 6.78. The van der Waals surface area contributed by atoms with Gasteiger partial charge in [-0.1, -0.05) is 27.7 Å². The van der Waals surface area contributed by atoms with E-state index in [2.05, 4.69) is 27.7 Å². The van der Waals surface area contributed by atoms with Crippen LogP contribution in [0.2, 0.25) is 0 Å². The van der Waals surface area contributed by atoms with Gasteiger partial charge in [-0.15, -0.1) is 0 Å². The third-order valence-electron chi connectivity index (χ3n) is 5.43. The van der Waals surface area contributed by atoms with Gasteiger partial charge in [0.1, 0.15) is 0 Å². The van der Waals surface area contributed by atoms with E-state index in [0.717, 1.165) is 32.5 Å². The van der Waals surface area contributed by atoms with Crippen LogP contribution < -0.4 is 0 Å². The summed E-state index contributed by atoms with van der Waals surface area (Å²) in [5.74, 6) is 1.15. The summed E-state index contributed by atoms with van der Waals surface area (Å²) in [7, 11) is 0. The van der Waals surface area contributed by atoms with Crippen LogP contribution >= 0.6 is 0 Å². The highest BCUT2D eigenvalue weighted by Gasteiger charge is 2.66. The Morgan fingerprint density at radius 1 is 1.12 bits per heavy atom. The Kier molecular flexibility index (Phi) is 3.09. The Hall–Kier alpha value is -0.0800. The summed E-state index contributed by atoms with van der Waals surface area (Å²) in [6.45, 7) is 10.9. The van der Waals surface area contributed by atoms with Crippen molar-refractivity contribution in [3.63, 3.8) is 0 Å². The monoisotopic (exact) mass is 226 g/mol. The summed E-state index contributed by atoms with van der Waals surface area (Å²) < 4.78 is 5.36. The van der Waals surface area contributed by atoms with Gasteiger partial charge in [-0.25, -0.2) is 0 Å². The van der Waals surface area contributed by atoms with Gasteiger partial charge >= 0.3 is 0 Å². The summed E-state index contributed by atoms with van der Waals surface area (Å²) in [6.07, 6.45) is 3.11. The zero-order valence-corrected chi connectivity index (χ0v) is 11.1. The summed E-state index contributed by atoms with van der Waals surface area (Å²) in [5.41, 5.74) is 0.606. The maximum atomic E-state index is 10.4. The minimum atomic E-state index is -0.118. The number of aliphatic hydroxyl groups is 1. The molecule has 2 rings (SSSR count). The summed E-state index contributed by atoms with van der Waals surface area (Å²) in [5, 5.41) is 10.4. The molecule has 0 aromatic carbocycles. The maximum absolute atomic E-state index is 10.4. The lowest BCUT2D eigenvalue weighted by Crippen LogP contribution is -2.23. The van der Waals surface area contributed by atoms with E-state index in [-0.39, 0.29) is 6.10 Å². The number of aliphatic hydroxyl groups excluding tert-OH is 1. The molecule has 1 aliphatic carbocycles.